The molecule has 128 valence electrons. The second-order valence-electron chi connectivity index (χ2n) is 5.90. The van der Waals surface area contributed by atoms with Crippen molar-refractivity contribution in [2.45, 2.75) is 19.1 Å². The summed E-state index contributed by atoms with van der Waals surface area (Å²) in [5.74, 6) is 0.753. The molecule has 0 amide bonds. The lowest BCUT2D eigenvalue weighted by atomic mass is 10.1. The fourth-order valence-electron chi connectivity index (χ4n) is 2.93. The van der Waals surface area contributed by atoms with Crippen molar-refractivity contribution in [3.63, 3.8) is 0 Å². The van der Waals surface area contributed by atoms with E-state index in [1.807, 2.05) is 4.90 Å². The summed E-state index contributed by atoms with van der Waals surface area (Å²) >= 11 is 0. The van der Waals surface area contributed by atoms with Crippen molar-refractivity contribution in [2.24, 2.45) is 5.92 Å². The largest absolute Gasteiger partial charge is 0.476 e. The fraction of sp³-hybridized carbons (Fsp3) is 0.412. The van der Waals surface area contributed by atoms with Crippen LogP contribution >= 0.6 is 0 Å². The van der Waals surface area contributed by atoms with Gasteiger partial charge in [0.2, 0.25) is 5.88 Å². The SMILES string of the molecule is FC(F)(F)c1ccccc1CN1CCC(COc2cnccn2)C1. The van der Waals surface area contributed by atoms with E-state index in [-0.39, 0.29) is 5.92 Å². The molecule has 1 aliphatic heterocycles. The average Bonchev–Trinajstić information content (AvgIpc) is 3.01. The summed E-state index contributed by atoms with van der Waals surface area (Å²) in [4.78, 5) is 10.0. The molecule has 1 unspecified atom stereocenters. The molecule has 4 nitrogen and oxygen atoms in total. The molecule has 0 saturated carbocycles. The van der Waals surface area contributed by atoms with Crippen LogP contribution in [-0.4, -0.2) is 34.6 Å². The quantitative estimate of drug-likeness (QED) is 0.838. The number of hydrogen-bond donors (Lipinski definition) is 0. The minimum absolute atomic E-state index is 0.282. The van der Waals surface area contributed by atoms with E-state index in [4.69, 9.17) is 4.74 Å². The van der Waals surface area contributed by atoms with E-state index in [1.54, 1.807) is 30.7 Å². The smallest absolute Gasteiger partial charge is 0.416 e. The predicted molar refractivity (Wildman–Crippen MR) is 82.4 cm³/mol. The van der Waals surface area contributed by atoms with Crippen LogP contribution < -0.4 is 4.74 Å². The minimum Gasteiger partial charge on any atom is -0.476 e. The second kappa shape index (κ2) is 7.17. The molecule has 1 fully saturated rings. The first-order chi connectivity index (χ1) is 11.5. The van der Waals surface area contributed by atoms with Crippen LogP contribution in [0.1, 0.15) is 17.5 Å². The summed E-state index contributed by atoms with van der Waals surface area (Å²) in [7, 11) is 0. The van der Waals surface area contributed by atoms with Gasteiger partial charge in [-0.2, -0.15) is 13.2 Å². The predicted octanol–water partition coefficient (Wildman–Crippen LogP) is 3.40. The van der Waals surface area contributed by atoms with Gasteiger partial charge in [-0.3, -0.25) is 9.88 Å². The molecule has 1 aromatic carbocycles. The highest BCUT2D eigenvalue weighted by Gasteiger charge is 2.34. The summed E-state index contributed by atoms with van der Waals surface area (Å²) in [6.45, 7) is 2.28. The van der Waals surface area contributed by atoms with Gasteiger partial charge in [0.05, 0.1) is 18.4 Å². The summed E-state index contributed by atoms with van der Waals surface area (Å²) in [6.07, 6.45) is 1.26. The van der Waals surface area contributed by atoms with Crippen molar-refractivity contribution in [2.75, 3.05) is 19.7 Å². The molecule has 3 rings (SSSR count). The van der Waals surface area contributed by atoms with Gasteiger partial charge in [-0.05, 0) is 24.6 Å². The maximum absolute atomic E-state index is 13.1. The Hall–Kier alpha value is -2.15. The number of ether oxygens (including phenoxy) is 1. The fourth-order valence-corrected chi connectivity index (χ4v) is 2.93. The van der Waals surface area contributed by atoms with Gasteiger partial charge in [0, 0.05) is 31.4 Å². The first-order valence-corrected chi connectivity index (χ1v) is 7.78. The summed E-state index contributed by atoms with van der Waals surface area (Å²) in [5, 5.41) is 0. The van der Waals surface area contributed by atoms with Crippen LogP contribution in [0.25, 0.3) is 0 Å². The van der Waals surface area contributed by atoms with E-state index >= 15 is 0 Å². The minimum atomic E-state index is -4.31. The number of nitrogens with zero attached hydrogens (tertiary/aromatic N) is 3. The van der Waals surface area contributed by atoms with Gasteiger partial charge in [-0.25, -0.2) is 4.98 Å². The Bertz CT molecular complexity index is 664. The number of benzene rings is 1. The highest BCUT2D eigenvalue weighted by atomic mass is 19.4. The summed E-state index contributed by atoms with van der Waals surface area (Å²) < 4.78 is 44.8. The van der Waals surface area contributed by atoms with Crippen molar-refractivity contribution in [3.8, 4) is 5.88 Å². The summed E-state index contributed by atoms with van der Waals surface area (Å²) in [6, 6.07) is 5.76. The zero-order chi connectivity index (χ0) is 17.0. The molecule has 0 bridgehead atoms. The number of aromatic nitrogens is 2. The van der Waals surface area contributed by atoms with E-state index < -0.39 is 11.7 Å². The van der Waals surface area contributed by atoms with Crippen LogP contribution in [0.3, 0.4) is 0 Å². The maximum atomic E-state index is 13.1. The highest BCUT2D eigenvalue weighted by Crippen LogP contribution is 2.33. The van der Waals surface area contributed by atoms with E-state index in [0.717, 1.165) is 19.0 Å². The Morgan fingerprint density at radius 3 is 2.79 bits per heavy atom. The molecule has 1 saturated heterocycles. The van der Waals surface area contributed by atoms with E-state index in [0.29, 0.717) is 31.1 Å². The van der Waals surface area contributed by atoms with Crippen molar-refractivity contribution < 1.29 is 17.9 Å². The molecule has 1 aromatic heterocycles. The van der Waals surface area contributed by atoms with Gasteiger partial charge >= 0.3 is 6.18 Å². The maximum Gasteiger partial charge on any atom is 0.416 e. The Morgan fingerprint density at radius 2 is 2.04 bits per heavy atom. The lowest BCUT2D eigenvalue weighted by Gasteiger charge is -2.19. The van der Waals surface area contributed by atoms with Gasteiger partial charge < -0.3 is 4.74 Å². The van der Waals surface area contributed by atoms with Crippen molar-refractivity contribution in [3.05, 3.63) is 54.0 Å². The molecule has 2 aromatic rings. The lowest BCUT2D eigenvalue weighted by Crippen LogP contribution is -2.24. The Labute approximate surface area is 138 Å². The zero-order valence-electron chi connectivity index (χ0n) is 13.0. The number of hydrogen-bond acceptors (Lipinski definition) is 4. The molecule has 0 radical (unpaired) electrons. The molecule has 0 N–H and O–H groups in total. The molecule has 0 aliphatic carbocycles. The molecule has 1 aliphatic rings. The average molecular weight is 337 g/mol. The highest BCUT2D eigenvalue weighted by molar-refractivity contribution is 5.29. The standard InChI is InChI=1S/C17H18F3N3O/c18-17(19,20)15-4-2-1-3-14(15)11-23-8-5-13(10-23)12-24-16-9-21-6-7-22-16/h1-4,6-7,9,13H,5,8,10-12H2. The molecule has 0 spiro atoms. The Kier molecular flexibility index (Phi) is 4.99. The van der Waals surface area contributed by atoms with E-state index in [1.165, 1.54) is 6.07 Å². The van der Waals surface area contributed by atoms with Crippen molar-refractivity contribution >= 4 is 0 Å². The Morgan fingerprint density at radius 1 is 1.21 bits per heavy atom. The van der Waals surface area contributed by atoms with Crippen LogP contribution in [0.5, 0.6) is 5.88 Å². The first kappa shape index (κ1) is 16.7. The van der Waals surface area contributed by atoms with Crippen molar-refractivity contribution in [1.82, 2.24) is 14.9 Å². The van der Waals surface area contributed by atoms with Gasteiger partial charge in [0.25, 0.3) is 0 Å². The molecular formula is C17H18F3N3O. The summed E-state index contributed by atoms with van der Waals surface area (Å²) in [5.41, 5.74) is -0.232. The number of rotatable bonds is 5. The topological polar surface area (TPSA) is 38.2 Å². The van der Waals surface area contributed by atoms with Gasteiger partial charge in [-0.1, -0.05) is 18.2 Å². The third-order valence-electron chi connectivity index (χ3n) is 4.09. The molecule has 7 heteroatoms. The van der Waals surface area contributed by atoms with Crippen LogP contribution in [0.4, 0.5) is 13.2 Å². The monoisotopic (exact) mass is 337 g/mol. The number of alkyl halides is 3. The second-order valence-corrected chi connectivity index (χ2v) is 5.90. The molecular weight excluding hydrogens is 319 g/mol. The van der Waals surface area contributed by atoms with E-state index in [2.05, 4.69) is 9.97 Å². The molecule has 24 heavy (non-hydrogen) atoms. The molecule has 1 atom stereocenters. The van der Waals surface area contributed by atoms with Crippen LogP contribution in [0, 0.1) is 5.92 Å². The van der Waals surface area contributed by atoms with Gasteiger partial charge in [0.1, 0.15) is 0 Å². The third-order valence-corrected chi connectivity index (χ3v) is 4.09. The third kappa shape index (κ3) is 4.23. The van der Waals surface area contributed by atoms with Crippen LogP contribution in [0.2, 0.25) is 0 Å². The normalized spacial score (nSPS) is 18.7. The van der Waals surface area contributed by atoms with E-state index in [9.17, 15) is 13.2 Å². The number of halogens is 3. The van der Waals surface area contributed by atoms with Gasteiger partial charge in [0.15, 0.2) is 0 Å². The lowest BCUT2D eigenvalue weighted by molar-refractivity contribution is -0.138. The Balaban J connectivity index is 1.55. The first-order valence-electron chi connectivity index (χ1n) is 7.78. The van der Waals surface area contributed by atoms with Crippen LogP contribution in [-0.2, 0) is 12.7 Å². The van der Waals surface area contributed by atoms with Crippen LogP contribution in [0.15, 0.2) is 42.9 Å². The number of likely N-dealkylation sites (tertiary alicyclic amines) is 1. The zero-order valence-corrected chi connectivity index (χ0v) is 13.0. The molecule has 2 heterocycles. The van der Waals surface area contributed by atoms with Gasteiger partial charge in [-0.15, -0.1) is 0 Å². The van der Waals surface area contributed by atoms with Crippen molar-refractivity contribution in [1.29, 1.82) is 0 Å².